The van der Waals surface area contributed by atoms with Crippen LogP contribution in [0, 0.1) is 6.92 Å². The highest BCUT2D eigenvalue weighted by Gasteiger charge is 2.17. The fourth-order valence-corrected chi connectivity index (χ4v) is 2.01. The van der Waals surface area contributed by atoms with E-state index in [-0.39, 0.29) is 0 Å². The zero-order valence-corrected chi connectivity index (χ0v) is 13.8. The summed E-state index contributed by atoms with van der Waals surface area (Å²) in [4.78, 5) is 11.7. The van der Waals surface area contributed by atoms with E-state index >= 15 is 0 Å². The molecule has 0 radical (unpaired) electrons. The molecule has 0 saturated heterocycles. The van der Waals surface area contributed by atoms with Crippen LogP contribution in [0.1, 0.15) is 44.7 Å². The van der Waals surface area contributed by atoms with Crippen LogP contribution in [0.4, 0.5) is 10.5 Å². The number of alkyl halides is 1. The second-order valence-corrected chi connectivity index (χ2v) is 6.40. The lowest BCUT2D eigenvalue weighted by atomic mass is 10.0. The minimum absolute atomic E-state index is 0.420. The first-order valence-electron chi connectivity index (χ1n) is 6.39. The normalized spacial score (nSPS) is 12.9. The van der Waals surface area contributed by atoms with Gasteiger partial charge < -0.3 is 4.74 Å². The minimum atomic E-state index is -0.484. The van der Waals surface area contributed by atoms with E-state index < -0.39 is 11.7 Å². The average molecular weight is 328 g/mol. The summed E-state index contributed by atoms with van der Waals surface area (Å²) in [6.45, 7) is 9.68. The number of carbonyl (C=O) groups is 1. The molecule has 0 aliphatic heterocycles. The zero-order valence-electron chi connectivity index (χ0n) is 12.2. The van der Waals surface area contributed by atoms with Gasteiger partial charge in [0, 0.05) is 11.0 Å². The lowest BCUT2D eigenvalue weighted by molar-refractivity contribution is 0.0636. The smallest absolute Gasteiger partial charge is 0.412 e. The molecule has 3 nitrogen and oxygen atoms in total. The fourth-order valence-electron chi connectivity index (χ4n) is 1.64. The van der Waals surface area contributed by atoms with Crippen LogP contribution in [-0.2, 0) is 4.74 Å². The van der Waals surface area contributed by atoms with E-state index in [9.17, 15) is 4.79 Å². The number of rotatable bonds is 3. The third-order valence-electron chi connectivity index (χ3n) is 2.69. The van der Waals surface area contributed by atoms with E-state index in [1.807, 2.05) is 39.8 Å². The van der Waals surface area contributed by atoms with Gasteiger partial charge in [-0.15, -0.1) is 0 Å². The van der Waals surface area contributed by atoms with Crippen LogP contribution in [0.5, 0.6) is 0 Å². The van der Waals surface area contributed by atoms with Crippen molar-refractivity contribution in [2.24, 2.45) is 0 Å². The third-order valence-corrected chi connectivity index (χ3v) is 3.66. The van der Waals surface area contributed by atoms with E-state index in [0.29, 0.717) is 5.92 Å². The predicted molar refractivity (Wildman–Crippen MR) is 83.2 cm³/mol. The van der Waals surface area contributed by atoms with Crippen LogP contribution in [0.2, 0.25) is 0 Å². The molecule has 4 heteroatoms. The minimum Gasteiger partial charge on any atom is -0.444 e. The summed E-state index contributed by atoms with van der Waals surface area (Å²) < 4.78 is 5.24. The molecule has 1 atom stereocenters. The van der Waals surface area contributed by atoms with Crippen molar-refractivity contribution in [1.29, 1.82) is 0 Å². The Balaban J connectivity index is 2.78. The number of aryl methyl sites for hydroxylation is 1. The number of anilines is 1. The van der Waals surface area contributed by atoms with Crippen molar-refractivity contribution < 1.29 is 9.53 Å². The van der Waals surface area contributed by atoms with Crippen molar-refractivity contribution in [3.05, 3.63) is 29.3 Å². The van der Waals surface area contributed by atoms with Gasteiger partial charge in [0.25, 0.3) is 0 Å². The number of hydrogen-bond acceptors (Lipinski definition) is 2. The van der Waals surface area contributed by atoms with Crippen LogP contribution in [-0.4, -0.2) is 17.0 Å². The first-order valence-corrected chi connectivity index (χ1v) is 7.51. The quantitative estimate of drug-likeness (QED) is 0.806. The van der Waals surface area contributed by atoms with Gasteiger partial charge >= 0.3 is 6.09 Å². The molecular weight excluding hydrogens is 306 g/mol. The van der Waals surface area contributed by atoms with Crippen LogP contribution >= 0.6 is 15.9 Å². The number of hydrogen-bond donors (Lipinski definition) is 1. The van der Waals surface area contributed by atoms with Crippen molar-refractivity contribution in [2.45, 2.75) is 46.1 Å². The van der Waals surface area contributed by atoms with Crippen LogP contribution in [0.15, 0.2) is 18.2 Å². The first-order chi connectivity index (χ1) is 8.73. The van der Waals surface area contributed by atoms with Crippen molar-refractivity contribution in [3.8, 4) is 0 Å². The van der Waals surface area contributed by atoms with E-state index in [1.165, 1.54) is 5.56 Å². The second kappa shape index (κ2) is 6.42. The Morgan fingerprint density at radius 1 is 1.42 bits per heavy atom. The Hall–Kier alpha value is -1.03. The second-order valence-electron chi connectivity index (χ2n) is 5.76. The molecule has 1 rings (SSSR count). The van der Waals surface area contributed by atoms with E-state index in [2.05, 4.69) is 34.2 Å². The molecule has 1 N–H and O–H groups in total. The van der Waals surface area contributed by atoms with Crippen molar-refractivity contribution >= 4 is 27.7 Å². The standard InChI is InChI=1S/C15H22BrNO2/c1-10-8-12(11(2)9-16)6-7-13(10)17-14(18)19-15(3,4)5/h6-8,11H,9H2,1-5H3,(H,17,18). The summed E-state index contributed by atoms with van der Waals surface area (Å²) in [6.07, 6.45) is -0.420. The summed E-state index contributed by atoms with van der Waals surface area (Å²) in [5.74, 6) is 0.453. The molecule has 0 aliphatic rings. The summed E-state index contributed by atoms with van der Waals surface area (Å²) in [5, 5.41) is 3.70. The maximum atomic E-state index is 11.7. The van der Waals surface area contributed by atoms with Crippen LogP contribution in [0.3, 0.4) is 0 Å². The topological polar surface area (TPSA) is 38.3 Å². The number of carbonyl (C=O) groups excluding carboxylic acids is 1. The van der Waals surface area contributed by atoms with Gasteiger partial charge in [-0.2, -0.15) is 0 Å². The average Bonchev–Trinajstić information content (AvgIpc) is 2.28. The summed E-state index contributed by atoms with van der Waals surface area (Å²) >= 11 is 3.48. The lowest BCUT2D eigenvalue weighted by Gasteiger charge is -2.20. The number of ether oxygens (including phenoxy) is 1. The number of benzene rings is 1. The molecule has 0 aliphatic carbocycles. The maximum absolute atomic E-state index is 11.7. The summed E-state index contributed by atoms with van der Waals surface area (Å²) in [7, 11) is 0. The molecule has 106 valence electrons. The fraction of sp³-hybridized carbons (Fsp3) is 0.533. The molecule has 1 unspecified atom stereocenters. The molecule has 1 aromatic carbocycles. The molecule has 0 heterocycles. The molecule has 1 amide bonds. The molecule has 19 heavy (non-hydrogen) atoms. The Morgan fingerprint density at radius 3 is 2.53 bits per heavy atom. The molecule has 0 saturated carbocycles. The molecule has 1 aromatic rings. The van der Waals surface area contributed by atoms with Gasteiger partial charge in [-0.1, -0.05) is 35.0 Å². The predicted octanol–water partition coefficient (Wildman–Crippen LogP) is 4.84. The Bertz CT molecular complexity index is 452. The van der Waals surface area contributed by atoms with Gasteiger partial charge in [0.2, 0.25) is 0 Å². The van der Waals surface area contributed by atoms with Gasteiger partial charge in [-0.3, -0.25) is 5.32 Å². The van der Waals surface area contributed by atoms with Gasteiger partial charge in [0.1, 0.15) is 5.60 Å². The Kier molecular flexibility index (Phi) is 5.41. The van der Waals surface area contributed by atoms with Gasteiger partial charge in [-0.05, 0) is 50.8 Å². The molecule has 0 aromatic heterocycles. The van der Waals surface area contributed by atoms with E-state index in [1.54, 1.807) is 0 Å². The van der Waals surface area contributed by atoms with E-state index in [4.69, 9.17) is 4.74 Å². The van der Waals surface area contributed by atoms with Crippen LogP contribution < -0.4 is 5.32 Å². The Labute approximate surface area is 123 Å². The van der Waals surface area contributed by atoms with Gasteiger partial charge in [0.15, 0.2) is 0 Å². The van der Waals surface area contributed by atoms with E-state index in [0.717, 1.165) is 16.6 Å². The molecule has 0 fully saturated rings. The highest BCUT2D eigenvalue weighted by atomic mass is 79.9. The summed E-state index contributed by atoms with van der Waals surface area (Å²) in [5.41, 5.74) is 2.60. The van der Waals surface area contributed by atoms with Crippen molar-refractivity contribution in [3.63, 3.8) is 0 Å². The molecule has 0 bridgehead atoms. The first kappa shape index (κ1) is 16.0. The number of halogens is 1. The highest BCUT2D eigenvalue weighted by molar-refractivity contribution is 9.09. The lowest BCUT2D eigenvalue weighted by Crippen LogP contribution is -2.27. The number of nitrogens with one attached hydrogen (secondary N) is 1. The SMILES string of the molecule is Cc1cc(C(C)CBr)ccc1NC(=O)OC(C)(C)C. The summed E-state index contributed by atoms with van der Waals surface area (Å²) in [6, 6.07) is 6.05. The molecule has 0 spiro atoms. The number of amides is 1. The van der Waals surface area contributed by atoms with Gasteiger partial charge in [-0.25, -0.2) is 4.79 Å². The third kappa shape index (κ3) is 5.23. The maximum Gasteiger partial charge on any atom is 0.412 e. The largest absolute Gasteiger partial charge is 0.444 e. The highest BCUT2D eigenvalue weighted by Crippen LogP contribution is 2.23. The van der Waals surface area contributed by atoms with Crippen molar-refractivity contribution in [2.75, 3.05) is 10.6 Å². The zero-order chi connectivity index (χ0) is 14.6. The molecular formula is C15H22BrNO2. The Morgan fingerprint density at radius 2 is 2.05 bits per heavy atom. The van der Waals surface area contributed by atoms with Crippen molar-refractivity contribution in [1.82, 2.24) is 0 Å². The van der Waals surface area contributed by atoms with Gasteiger partial charge in [0.05, 0.1) is 0 Å². The van der Waals surface area contributed by atoms with Crippen LogP contribution in [0.25, 0.3) is 0 Å². The monoisotopic (exact) mass is 327 g/mol.